The molecule has 1 aromatic carbocycles. The van der Waals surface area contributed by atoms with E-state index in [1.165, 1.54) is 22.9 Å². The zero-order chi connectivity index (χ0) is 25.4. The molecule has 0 bridgehead atoms. The third-order valence-electron chi connectivity index (χ3n) is 4.94. The average Bonchev–Trinajstić information content (AvgIpc) is 3.33. The molecule has 0 aliphatic carbocycles. The highest BCUT2D eigenvalue weighted by molar-refractivity contribution is 7.11. The first kappa shape index (κ1) is 26.3. The number of amidine groups is 1. The Balaban J connectivity index is 2.11. The van der Waals surface area contributed by atoms with Crippen LogP contribution in [0.25, 0.3) is 0 Å². The predicted molar refractivity (Wildman–Crippen MR) is 123 cm³/mol. The number of hydrogen-bond donors (Lipinski definition) is 2. The van der Waals surface area contributed by atoms with Crippen LogP contribution in [-0.2, 0) is 19.1 Å². The Morgan fingerprint density at radius 2 is 2.06 bits per heavy atom. The van der Waals surface area contributed by atoms with Gasteiger partial charge in [0.05, 0.1) is 25.3 Å². The molecule has 2 N–H and O–H groups in total. The van der Waals surface area contributed by atoms with E-state index in [0.717, 1.165) is 6.07 Å². The highest BCUT2D eigenvalue weighted by Crippen LogP contribution is 2.34. The number of aliphatic imine (C=N–C) groups is 1. The van der Waals surface area contributed by atoms with Gasteiger partial charge in [0, 0.05) is 37.0 Å². The zero-order valence-corrected chi connectivity index (χ0v) is 20.0. The Bertz CT molecular complexity index is 1110. The van der Waals surface area contributed by atoms with E-state index < -0.39 is 29.6 Å². The summed E-state index contributed by atoms with van der Waals surface area (Å²) < 4.78 is 39.1. The molecule has 0 fully saturated rings. The van der Waals surface area contributed by atoms with Gasteiger partial charge in [-0.25, -0.2) is 13.6 Å². The van der Waals surface area contributed by atoms with Crippen LogP contribution < -0.4 is 5.32 Å². The van der Waals surface area contributed by atoms with Gasteiger partial charge < -0.3 is 19.9 Å². The van der Waals surface area contributed by atoms with Gasteiger partial charge in [0.2, 0.25) is 0 Å². The van der Waals surface area contributed by atoms with Crippen LogP contribution in [0.4, 0.5) is 8.78 Å². The Labute approximate surface area is 204 Å². The zero-order valence-electron chi connectivity index (χ0n) is 19.2. The molecule has 13 heteroatoms. The third kappa shape index (κ3) is 6.87. The van der Waals surface area contributed by atoms with Crippen molar-refractivity contribution in [3.63, 3.8) is 0 Å². The largest absolute Gasteiger partial charge is 0.480 e. The van der Waals surface area contributed by atoms with Crippen LogP contribution in [0.3, 0.4) is 0 Å². The van der Waals surface area contributed by atoms with E-state index in [-0.39, 0.29) is 55.5 Å². The van der Waals surface area contributed by atoms with E-state index in [9.17, 15) is 23.5 Å². The van der Waals surface area contributed by atoms with Crippen molar-refractivity contribution in [1.82, 2.24) is 20.4 Å². The van der Waals surface area contributed by atoms with Crippen molar-refractivity contribution in [2.45, 2.75) is 19.9 Å². The summed E-state index contributed by atoms with van der Waals surface area (Å²) in [4.78, 5) is 30.6. The van der Waals surface area contributed by atoms with Gasteiger partial charge in [-0.05, 0) is 19.9 Å². The Hall–Kier alpha value is -3.29. The number of benzene rings is 1. The average molecular weight is 510 g/mol. The summed E-state index contributed by atoms with van der Waals surface area (Å²) in [5.41, 5.74) is 1.68. The standard InChI is InChI=1S/C22H25F2N5O5S/c1-3-33-8-7-29(11-17(30)31)10-16-18(22(32)34-4-2)19(14-6-5-13(23)9-15(14)24)27-20(26-16)21-28-25-12-35-21/h5-6,9,12,19H,3-4,7-8,10-11H2,1-2H3,(H,26,27)(H,30,31). The molecule has 1 aliphatic heterocycles. The molecule has 10 nitrogen and oxygen atoms in total. The maximum atomic E-state index is 14.9. The van der Waals surface area contributed by atoms with Gasteiger partial charge in [0.15, 0.2) is 10.8 Å². The number of esters is 1. The van der Waals surface area contributed by atoms with Crippen LogP contribution in [-0.4, -0.2) is 77.4 Å². The Kier molecular flexibility index (Phi) is 9.34. The molecular weight excluding hydrogens is 484 g/mol. The topological polar surface area (TPSA) is 126 Å². The predicted octanol–water partition coefficient (Wildman–Crippen LogP) is 2.15. The second-order valence-corrected chi connectivity index (χ2v) is 8.16. The van der Waals surface area contributed by atoms with Crippen LogP contribution in [0.1, 0.15) is 30.5 Å². The molecule has 188 valence electrons. The molecule has 1 unspecified atom stereocenters. The molecule has 1 aromatic heterocycles. The number of ether oxygens (including phenoxy) is 2. The lowest BCUT2D eigenvalue weighted by Crippen LogP contribution is -2.42. The van der Waals surface area contributed by atoms with Crippen molar-refractivity contribution >= 4 is 29.1 Å². The quantitative estimate of drug-likeness (QED) is 0.327. The van der Waals surface area contributed by atoms with Gasteiger partial charge in [-0.3, -0.25) is 14.7 Å². The van der Waals surface area contributed by atoms with Crippen molar-refractivity contribution < 1.29 is 33.0 Å². The molecule has 1 aliphatic rings. The lowest BCUT2D eigenvalue weighted by atomic mass is 9.94. The smallest absolute Gasteiger partial charge is 0.338 e. The first-order chi connectivity index (χ1) is 16.8. The van der Waals surface area contributed by atoms with Crippen molar-refractivity contribution in [3.05, 3.63) is 57.2 Å². The van der Waals surface area contributed by atoms with E-state index in [2.05, 4.69) is 20.5 Å². The fraction of sp³-hybridized carbons (Fsp3) is 0.409. The maximum Gasteiger partial charge on any atom is 0.338 e. The third-order valence-corrected chi connectivity index (χ3v) is 5.64. The van der Waals surface area contributed by atoms with Gasteiger partial charge in [-0.1, -0.05) is 17.4 Å². The number of aliphatic carboxylic acids is 1. The van der Waals surface area contributed by atoms with Gasteiger partial charge in [-0.2, -0.15) is 0 Å². The van der Waals surface area contributed by atoms with E-state index in [1.54, 1.807) is 11.8 Å². The Morgan fingerprint density at radius 1 is 1.26 bits per heavy atom. The number of halogens is 2. The number of carboxylic acids is 1. The highest BCUT2D eigenvalue weighted by atomic mass is 32.1. The number of hydrogen-bond acceptors (Lipinski definition) is 10. The molecule has 1 atom stereocenters. The molecule has 0 saturated heterocycles. The molecule has 0 saturated carbocycles. The van der Waals surface area contributed by atoms with Crippen LogP contribution in [0.5, 0.6) is 0 Å². The molecule has 0 spiro atoms. The minimum absolute atomic E-state index is 0.0163. The van der Waals surface area contributed by atoms with E-state index in [4.69, 9.17) is 9.47 Å². The van der Waals surface area contributed by atoms with Crippen molar-refractivity contribution in [1.29, 1.82) is 0 Å². The highest BCUT2D eigenvalue weighted by Gasteiger charge is 2.35. The van der Waals surface area contributed by atoms with Gasteiger partial charge in [-0.15, -0.1) is 10.2 Å². The number of aromatic nitrogens is 2. The lowest BCUT2D eigenvalue weighted by molar-refractivity contribution is -0.139. The van der Waals surface area contributed by atoms with Crippen LogP contribution in [0.15, 0.2) is 40.0 Å². The van der Waals surface area contributed by atoms with Crippen molar-refractivity contribution in [2.75, 3.05) is 39.5 Å². The second-order valence-electron chi connectivity index (χ2n) is 7.33. The molecule has 2 aromatic rings. The molecule has 0 amide bonds. The summed E-state index contributed by atoms with van der Waals surface area (Å²) in [7, 11) is 0. The van der Waals surface area contributed by atoms with E-state index in [0.29, 0.717) is 17.7 Å². The van der Waals surface area contributed by atoms with Crippen LogP contribution in [0, 0.1) is 11.6 Å². The Morgan fingerprint density at radius 3 is 2.69 bits per heavy atom. The molecule has 2 heterocycles. The first-order valence-electron chi connectivity index (χ1n) is 10.8. The van der Waals surface area contributed by atoms with Crippen LogP contribution in [0.2, 0.25) is 0 Å². The summed E-state index contributed by atoms with van der Waals surface area (Å²) >= 11 is 1.17. The number of nitrogens with zero attached hydrogens (tertiary/aromatic N) is 4. The lowest BCUT2D eigenvalue weighted by Gasteiger charge is -2.30. The number of carbonyl (C=O) groups excluding carboxylic acids is 1. The first-order valence-corrected chi connectivity index (χ1v) is 11.7. The van der Waals surface area contributed by atoms with Gasteiger partial charge >= 0.3 is 11.9 Å². The van der Waals surface area contributed by atoms with E-state index in [1.807, 2.05) is 6.92 Å². The molecule has 3 rings (SSSR count). The number of carboxylic acid groups (broad SMARTS) is 1. The maximum absolute atomic E-state index is 14.9. The minimum Gasteiger partial charge on any atom is -0.480 e. The fourth-order valence-electron chi connectivity index (χ4n) is 3.47. The van der Waals surface area contributed by atoms with Gasteiger partial charge in [0.1, 0.15) is 23.2 Å². The second kappa shape index (κ2) is 12.4. The number of rotatable bonds is 12. The number of carbonyl (C=O) groups is 2. The normalized spacial score (nSPS) is 15.7. The minimum atomic E-state index is -1.19. The molecular formula is C22H25F2N5O5S. The molecule has 0 radical (unpaired) electrons. The van der Waals surface area contributed by atoms with Crippen LogP contribution >= 0.6 is 11.3 Å². The fourth-order valence-corrected chi connectivity index (χ4v) is 3.97. The molecule has 35 heavy (non-hydrogen) atoms. The summed E-state index contributed by atoms with van der Waals surface area (Å²) in [5.74, 6) is -3.29. The summed E-state index contributed by atoms with van der Waals surface area (Å²) in [6.45, 7) is 4.08. The number of nitrogens with one attached hydrogen (secondary N) is 1. The SMILES string of the molecule is CCOCCN(CC(=O)O)CC1=C(C(=O)OCC)C(c2ccc(F)cc2F)N=C(c2nncs2)N1. The summed E-state index contributed by atoms with van der Waals surface area (Å²) in [6.07, 6.45) is 0. The van der Waals surface area contributed by atoms with Crippen molar-refractivity contribution in [2.24, 2.45) is 4.99 Å². The van der Waals surface area contributed by atoms with Crippen molar-refractivity contribution in [3.8, 4) is 0 Å². The van der Waals surface area contributed by atoms with E-state index >= 15 is 0 Å². The summed E-state index contributed by atoms with van der Waals surface area (Å²) in [5, 5.41) is 20.6. The summed E-state index contributed by atoms with van der Waals surface area (Å²) in [6, 6.07) is 1.80. The van der Waals surface area contributed by atoms with Gasteiger partial charge in [0.25, 0.3) is 0 Å². The monoisotopic (exact) mass is 509 g/mol.